The molecule has 0 fully saturated rings. The van der Waals surface area contributed by atoms with E-state index >= 15 is 0 Å². The number of halogens is 2. The number of benzene rings is 2. The molecule has 0 unspecified atom stereocenters. The molecule has 0 saturated heterocycles. The molecule has 2 aromatic carbocycles. The van der Waals surface area contributed by atoms with Crippen LogP contribution in [-0.4, -0.2) is 11.2 Å². The van der Waals surface area contributed by atoms with Gasteiger partial charge in [-0.15, -0.1) is 11.5 Å². The zero-order valence-electron chi connectivity index (χ0n) is 26.4. The quantitative estimate of drug-likeness (QED) is 0.207. The summed E-state index contributed by atoms with van der Waals surface area (Å²) in [5, 5.41) is 24.8. The third-order valence-corrected chi connectivity index (χ3v) is 7.34. The maximum atomic E-state index is 12.2. The maximum Gasteiger partial charge on any atom is 2.00 e. The third-order valence-electron chi connectivity index (χ3n) is 6.49. The molecule has 1 heterocycles. The van der Waals surface area contributed by atoms with E-state index in [0.29, 0.717) is 11.1 Å². The molecule has 3 aromatic rings. The van der Waals surface area contributed by atoms with Gasteiger partial charge in [-0.3, -0.25) is 9.98 Å². The SMILES string of the molecule is CC(C)(C)c1c([O-])c([O-])c(C(C)(C)C)c(Cl)c1Cl.CC(C)(C)c1ccc(C(C)(C)C)c(N=Cc2ccccn2)c1.[Ni+2]. The summed E-state index contributed by atoms with van der Waals surface area (Å²) in [6.07, 6.45) is 3.63. The summed E-state index contributed by atoms with van der Waals surface area (Å²) in [6.45, 7) is 24.4. The third kappa shape index (κ3) is 9.47. The molecule has 0 aliphatic heterocycles. The van der Waals surface area contributed by atoms with Crippen molar-refractivity contribution in [2.24, 2.45) is 4.99 Å². The molecule has 0 radical (unpaired) electrons. The van der Waals surface area contributed by atoms with Gasteiger partial charge in [-0.05, 0) is 62.1 Å². The molecule has 0 N–H and O–H groups in total. The molecule has 41 heavy (non-hydrogen) atoms. The van der Waals surface area contributed by atoms with Gasteiger partial charge in [0.2, 0.25) is 0 Å². The molecule has 0 aliphatic carbocycles. The average Bonchev–Trinajstić information content (AvgIpc) is 2.80. The van der Waals surface area contributed by atoms with Crippen molar-refractivity contribution < 1.29 is 26.7 Å². The van der Waals surface area contributed by atoms with Gasteiger partial charge in [-0.2, -0.15) is 0 Å². The number of nitrogens with zero attached hydrogens (tertiary/aromatic N) is 2. The van der Waals surface area contributed by atoms with Gasteiger partial charge in [0.1, 0.15) is 0 Å². The molecule has 0 saturated carbocycles. The monoisotopic (exact) mass is 640 g/mol. The summed E-state index contributed by atoms with van der Waals surface area (Å²) in [4.78, 5) is 9.04. The van der Waals surface area contributed by atoms with Crippen LogP contribution in [0.1, 0.15) is 111 Å². The van der Waals surface area contributed by atoms with Crippen LogP contribution in [0.4, 0.5) is 5.69 Å². The van der Waals surface area contributed by atoms with Crippen molar-refractivity contribution in [3.8, 4) is 11.5 Å². The van der Waals surface area contributed by atoms with E-state index in [-0.39, 0.29) is 37.4 Å². The smallest absolute Gasteiger partial charge is 0.873 e. The Hall–Kier alpha value is -2.07. The van der Waals surface area contributed by atoms with Crippen LogP contribution in [-0.2, 0) is 38.2 Å². The Kier molecular flexibility index (Phi) is 12.2. The summed E-state index contributed by atoms with van der Waals surface area (Å²) in [7, 11) is 0. The normalized spacial score (nSPS) is 12.5. The number of rotatable bonds is 2. The number of hydrogen-bond acceptors (Lipinski definition) is 4. The van der Waals surface area contributed by atoms with Gasteiger partial charge >= 0.3 is 16.5 Å². The van der Waals surface area contributed by atoms with Crippen LogP contribution < -0.4 is 10.2 Å². The molecule has 4 nitrogen and oxygen atoms in total. The Morgan fingerprint density at radius 2 is 1.17 bits per heavy atom. The molecular weight excluding hydrogens is 598 g/mol. The Labute approximate surface area is 267 Å². The van der Waals surface area contributed by atoms with E-state index in [2.05, 4.69) is 64.7 Å². The van der Waals surface area contributed by atoms with Crippen LogP contribution in [0.15, 0.2) is 47.6 Å². The van der Waals surface area contributed by atoms with Crippen LogP contribution in [0.2, 0.25) is 10.0 Å². The zero-order chi connectivity index (χ0) is 30.8. The van der Waals surface area contributed by atoms with Crippen LogP contribution >= 0.6 is 23.2 Å². The summed E-state index contributed by atoms with van der Waals surface area (Å²) in [5.41, 5.74) is 4.23. The number of pyridine rings is 1. The van der Waals surface area contributed by atoms with E-state index < -0.39 is 22.3 Å². The molecule has 3 rings (SSSR count). The topological polar surface area (TPSA) is 71.4 Å². The van der Waals surface area contributed by atoms with Crippen LogP contribution in [0.3, 0.4) is 0 Å². The largest absolute Gasteiger partial charge is 2.00 e. The second kappa shape index (κ2) is 13.5. The summed E-state index contributed by atoms with van der Waals surface area (Å²) >= 11 is 12.4. The first-order valence-electron chi connectivity index (χ1n) is 13.6. The Morgan fingerprint density at radius 3 is 1.54 bits per heavy atom. The first-order valence-corrected chi connectivity index (χ1v) is 14.3. The van der Waals surface area contributed by atoms with Crippen molar-refractivity contribution in [2.45, 2.75) is 105 Å². The first kappa shape index (κ1) is 37.0. The summed E-state index contributed by atoms with van der Waals surface area (Å²) in [5.74, 6) is -1.08. The second-order valence-electron chi connectivity index (χ2n) is 14.3. The van der Waals surface area contributed by atoms with Crippen LogP contribution in [0.25, 0.3) is 0 Å². The van der Waals surface area contributed by atoms with Crippen molar-refractivity contribution in [3.63, 3.8) is 0 Å². The molecule has 0 amide bonds. The zero-order valence-corrected chi connectivity index (χ0v) is 28.9. The van der Waals surface area contributed by atoms with Crippen molar-refractivity contribution in [1.82, 2.24) is 4.98 Å². The first-order chi connectivity index (χ1) is 18.1. The fourth-order valence-corrected chi connectivity index (χ4v) is 5.24. The predicted octanol–water partition coefficient (Wildman–Crippen LogP) is 9.16. The minimum atomic E-state index is -0.540. The van der Waals surface area contributed by atoms with E-state index in [1.165, 1.54) is 11.1 Å². The van der Waals surface area contributed by atoms with Gasteiger partial charge in [0.15, 0.2) is 0 Å². The molecular formula is C34H44Cl2N2NiO2. The Morgan fingerprint density at radius 1 is 0.683 bits per heavy atom. The fraction of sp³-hybridized carbons (Fsp3) is 0.471. The van der Waals surface area contributed by atoms with Crippen molar-refractivity contribution in [1.29, 1.82) is 0 Å². The Bertz CT molecular complexity index is 1290. The van der Waals surface area contributed by atoms with Gasteiger partial charge in [0, 0.05) is 6.20 Å². The second-order valence-corrected chi connectivity index (χ2v) is 15.0. The van der Waals surface area contributed by atoms with Crippen LogP contribution in [0.5, 0.6) is 11.5 Å². The molecule has 226 valence electrons. The number of aromatic nitrogens is 1. The van der Waals surface area contributed by atoms with Gasteiger partial charge in [0.25, 0.3) is 0 Å². The van der Waals surface area contributed by atoms with Crippen molar-refractivity contribution >= 4 is 35.1 Å². The minimum Gasteiger partial charge on any atom is -0.873 e. The Balaban J connectivity index is 0.000000409. The average molecular weight is 642 g/mol. The van der Waals surface area contributed by atoms with E-state index in [0.717, 1.165) is 11.4 Å². The van der Waals surface area contributed by atoms with E-state index in [9.17, 15) is 10.2 Å². The molecule has 0 bridgehead atoms. The molecule has 1 aromatic heterocycles. The number of hydrogen-bond donors (Lipinski definition) is 0. The molecule has 0 aliphatic rings. The molecule has 0 spiro atoms. The molecule has 0 atom stereocenters. The standard InChI is InChI=1S/C20H26N2.C14H20Cl2O2.Ni/c1-19(2,3)15-10-11-17(20(4,5)6)18(13-15)22-14-16-9-7-8-12-21-16;1-13(2,3)7-9(15)10(16)8(14(4,5)6)12(18)11(7)17;/h7-14H,1-6H3;17-18H,1-6H3;/q;;+2/p-2. The van der Waals surface area contributed by atoms with Gasteiger partial charge in [0.05, 0.1) is 27.6 Å². The van der Waals surface area contributed by atoms with Crippen molar-refractivity contribution in [3.05, 3.63) is 80.6 Å². The maximum absolute atomic E-state index is 12.2. The fourth-order valence-electron chi connectivity index (χ4n) is 4.31. The number of aliphatic imine (C=N–C) groups is 1. The predicted molar refractivity (Wildman–Crippen MR) is 168 cm³/mol. The minimum absolute atomic E-state index is 0. The van der Waals surface area contributed by atoms with E-state index in [1.54, 1.807) is 6.20 Å². The molecule has 7 heteroatoms. The van der Waals surface area contributed by atoms with Crippen molar-refractivity contribution in [2.75, 3.05) is 0 Å². The van der Waals surface area contributed by atoms with E-state index in [4.69, 9.17) is 28.2 Å². The van der Waals surface area contributed by atoms with Gasteiger partial charge in [-0.25, -0.2) is 0 Å². The van der Waals surface area contributed by atoms with Gasteiger partial charge < -0.3 is 10.2 Å². The van der Waals surface area contributed by atoms with E-state index in [1.807, 2.05) is 66.0 Å². The summed E-state index contributed by atoms with van der Waals surface area (Å²) < 4.78 is 0. The summed E-state index contributed by atoms with van der Waals surface area (Å²) in [6, 6.07) is 12.5. The van der Waals surface area contributed by atoms with Crippen LogP contribution in [0, 0.1) is 0 Å². The van der Waals surface area contributed by atoms with Gasteiger partial charge in [-0.1, -0.05) is 124 Å².